The number of nitrogens with zero attached hydrogens (tertiary/aromatic N) is 7. The predicted molar refractivity (Wildman–Crippen MR) is 588 cm³/mol. The first-order valence-electron chi connectivity index (χ1n) is 47.1. The third kappa shape index (κ3) is 12.2. The predicted octanol–water partition coefficient (Wildman–Crippen LogP) is 35.7. The van der Waals surface area contributed by atoms with Gasteiger partial charge in [0.15, 0.2) is 0 Å². The quantitative estimate of drug-likeness (QED) is 0.149. The monoisotopic (exact) mass is 1790 g/mol. The van der Waals surface area contributed by atoms with Crippen LogP contribution in [-0.4, -0.2) is 32.7 Å². The summed E-state index contributed by atoms with van der Waals surface area (Å²) in [6.07, 6.45) is 0. The number of hydrogen-bond donors (Lipinski definition) is 0. The summed E-state index contributed by atoms with van der Waals surface area (Å²) in [4.78, 5) is 15.4. The van der Waals surface area contributed by atoms with Crippen LogP contribution < -0.4 is 0 Å². The first kappa shape index (κ1) is 77.8. The van der Waals surface area contributed by atoms with Gasteiger partial charge < -0.3 is 4.57 Å². The summed E-state index contributed by atoms with van der Waals surface area (Å²) < 4.78 is 14.7. The molecular weight excluding hydrogens is 1710 g/mol. The minimum absolute atomic E-state index is 1.00. The van der Waals surface area contributed by atoms with E-state index in [4.69, 9.17) is 15.0 Å². The van der Waals surface area contributed by atoms with Crippen molar-refractivity contribution in [2.24, 2.45) is 0 Å². The maximum absolute atomic E-state index is 5.13. The summed E-state index contributed by atoms with van der Waals surface area (Å²) in [5, 5.41) is 26.3. The molecule has 0 fully saturated rings. The Labute approximate surface area is 798 Å². The zero-order valence-corrected chi connectivity index (χ0v) is 76.0. The van der Waals surface area contributed by atoms with Crippen LogP contribution in [0.4, 0.5) is 0 Å². The van der Waals surface area contributed by atoms with Gasteiger partial charge >= 0.3 is 0 Å². The van der Waals surface area contributed by atoms with Crippen molar-refractivity contribution < 1.29 is 0 Å². The van der Waals surface area contributed by atoms with Crippen molar-refractivity contribution in [3.63, 3.8) is 0 Å². The lowest BCUT2D eigenvalue weighted by Gasteiger charge is -2.14. The lowest BCUT2D eigenvalue weighted by Crippen LogP contribution is -1.93. The van der Waals surface area contributed by atoms with Crippen molar-refractivity contribution in [2.75, 3.05) is 0 Å². The molecule has 9 aromatic heterocycles. The summed E-state index contributed by atoms with van der Waals surface area (Å²) in [5.41, 5.74) is 31.2. The normalized spacial score (nSPS) is 12.1. The number of rotatable bonds is 7. The highest BCUT2D eigenvalue weighted by atomic mass is 32.1. The van der Waals surface area contributed by atoms with Crippen LogP contribution in [0.1, 0.15) is 0 Å². The van der Waals surface area contributed by atoms with Gasteiger partial charge in [-0.3, -0.25) is 13.2 Å². The van der Waals surface area contributed by atoms with Crippen molar-refractivity contribution in [1.82, 2.24) is 32.7 Å². The first-order chi connectivity index (χ1) is 68.4. The number of imidazole rings is 3. The van der Waals surface area contributed by atoms with Crippen LogP contribution in [0.15, 0.2) is 467 Å². The number of pyridine rings is 3. The van der Waals surface area contributed by atoms with E-state index in [9.17, 15) is 0 Å². The molecule has 7 nitrogen and oxygen atoms in total. The Kier molecular flexibility index (Phi) is 17.4. The summed E-state index contributed by atoms with van der Waals surface area (Å²) in [5.74, 6) is 0. The van der Waals surface area contributed by atoms with E-state index < -0.39 is 0 Å². The van der Waals surface area contributed by atoms with Crippen molar-refractivity contribution in [2.45, 2.75) is 0 Å². The van der Waals surface area contributed by atoms with Crippen LogP contribution >= 0.6 is 22.7 Å². The van der Waals surface area contributed by atoms with E-state index in [1.54, 1.807) is 0 Å². The van der Waals surface area contributed by atoms with Crippen molar-refractivity contribution >= 4 is 232 Å². The van der Waals surface area contributed by atoms with Gasteiger partial charge in [-0.15, -0.1) is 22.7 Å². The van der Waals surface area contributed by atoms with Gasteiger partial charge in [0.05, 0.1) is 60.7 Å². The Bertz CT molecular complexity index is 10600. The lowest BCUT2D eigenvalue weighted by atomic mass is 9.94. The van der Waals surface area contributed by atoms with E-state index in [0.29, 0.717) is 0 Å². The van der Waals surface area contributed by atoms with E-state index in [1.165, 1.54) is 232 Å². The molecule has 9 heteroatoms. The standard InChI is InChI=1S/C47H29N3.2C41H24N2S/c1-2-11-35(12-3-1)49-42-16-8-6-14-37(42)39-28-33(23-26-43(39)49)30-18-20-31(21-19-30)34-24-27-44-40(29-34)46-36-13-5-4-10-32(36)22-25-38(46)47-48-41-15-7-9-17-45(41)50(44)47;1-2-12-29-25(9-1)19-21-33-39(29)34-24-27(20-22-36(34)43-37-17-5-4-16-35(37)42-41(33)43)26-10-7-11-28(23-26)30-14-8-15-32-31-13-3-6-18-38(31)44-40(30)32;1-2-8-30-27(7-1)17-20-32-40(30)34-24-28(18-21-36(34)43-37-11-5-4-10-35(37)42-41(32)43)25-13-15-26(16-14-25)29-19-22-39-33(23-29)31-9-3-6-12-38(31)44-39/h1-29H;2*1-24H. The molecule has 0 saturated carbocycles. The van der Waals surface area contributed by atoms with E-state index in [0.717, 1.165) is 50.0 Å². The zero-order chi connectivity index (χ0) is 90.3. The average molecular weight is 1790 g/mol. The van der Waals surface area contributed by atoms with Crippen LogP contribution in [-0.2, 0) is 0 Å². The van der Waals surface area contributed by atoms with E-state index in [-0.39, 0.29) is 0 Å². The van der Waals surface area contributed by atoms with Gasteiger partial charge in [-0.25, -0.2) is 15.0 Å². The van der Waals surface area contributed by atoms with Gasteiger partial charge in [0.1, 0.15) is 16.9 Å². The van der Waals surface area contributed by atoms with Gasteiger partial charge in [0.2, 0.25) is 0 Å². The Hall–Kier alpha value is -17.7. The summed E-state index contributed by atoms with van der Waals surface area (Å²) >= 11 is 3.75. The lowest BCUT2D eigenvalue weighted by molar-refractivity contribution is 1.18. The van der Waals surface area contributed by atoms with Gasteiger partial charge in [-0.1, -0.05) is 315 Å². The van der Waals surface area contributed by atoms with Crippen molar-refractivity contribution in [3.05, 3.63) is 467 Å². The first-order valence-corrected chi connectivity index (χ1v) is 48.7. The zero-order valence-electron chi connectivity index (χ0n) is 74.4. The minimum Gasteiger partial charge on any atom is -0.309 e. The third-order valence-corrected chi connectivity index (χ3v) is 31.2. The molecule has 138 heavy (non-hydrogen) atoms. The molecule has 640 valence electrons. The van der Waals surface area contributed by atoms with Crippen molar-refractivity contribution in [3.8, 4) is 72.4 Å². The summed E-state index contributed by atoms with van der Waals surface area (Å²) in [6, 6.07) is 170. The van der Waals surface area contributed by atoms with E-state index in [2.05, 4.69) is 485 Å². The van der Waals surface area contributed by atoms with Crippen LogP contribution in [0, 0.1) is 0 Å². The number of fused-ring (bicyclic) bond motifs is 39. The fourth-order valence-corrected chi connectivity index (χ4v) is 24.7. The highest BCUT2D eigenvalue weighted by molar-refractivity contribution is 7.26. The maximum Gasteiger partial charge on any atom is 0.146 e. The number of thiophene rings is 2. The third-order valence-electron chi connectivity index (χ3n) is 28.8. The second kappa shape index (κ2) is 30.9. The van der Waals surface area contributed by atoms with Gasteiger partial charge in [-0.05, 0) is 251 Å². The molecule has 0 aliphatic heterocycles. The molecule has 0 N–H and O–H groups in total. The van der Waals surface area contributed by atoms with E-state index in [1.807, 2.05) is 22.7 Å². The highest BCUT2D eigenvalue weighted by Gasteiger charge is 2.24. The summed E-state index contributed by atoms with van der Waals surface area (Å²) in [7, 11) is 0. The molecule has 22 aromatic carbocycles. The molecule has 31 rings (SSSR count). The van der Waals surface area contributed by atoms with Crippen LogP contribution in [0.3, 0.4) is 0 Å². The smallest absolute Gasteiger partial charge is 0.146 e. The largest absolute Gasteiger partial charge is 0.309 e. The molecule has 0 saturated heterocycles. The maximum atomic E-state index is 5.13. The van der Waals surface area contributed by atoms with Gasteiger partial charge in [-0.2, -0.15) is 0 Å². The minimum atomic E-state index is 1.00. The second-order valence-electron chi connectivity index (χ2n) is 36.3. The highest BCUT2D eigenvalue weighted by Crippen LogP contribution is 2.48. The Morgan fingerprint density at radius 3 is 0.978 bits per heavy atom. The van der Waals surface area contributed by atoms with Crippen LogP contribution in [0.25, 0.3) is 282 Å². The molecule has 0 spiro atoms. The number of hydrogen-bond acceptors (Lipinski definition) is 5. The van der Waals surface area contributed by atoms with Crippen molar-refractivity contribution in [1.29, 1.82) is 0 Å². The Morgan fingerprint density at radius 1 is 0.167 bits per heavy atom. The van der Waals surface area contributed by atoms with Crippen LogP contribution in [0.5, 0.6) is 0 Å². The van der Waals surface area contributed by atoms with Gasteiger partial charge in [0.25, 0.3) is 0 Å². The topological polar surface area (TPSA) is 56.8 Å². The molecule has 9 heterocycles. The fraction of sp³-hybridized carbons (Fsp3) is 0. The number of aromatic nitrogens is 7. The second-order valence-corrected chi connectivity index (χ2v) is 38.5. The number of para-hydroxylation sites is 8. The molecule has 0 aliphatic carbocycles. The molecule has 0 unspecified atom stereocenters. The molecule has 0 atom stereocenters. The molecule has 0 amide bonds. The molecule has 0 radical (unpaired) electrons. The molecular formula is C129H77N7S2. The average Bonchev–Trinajstić information content (AvgIpc) is 1.51. The molecule has 31 aromatic rings. The summed E-state index contributed by atoms with van der Waals surface area (Å²) in [6.45, 7) is 0. The van der Waals surface area contributed by atoms with Crippen LogP contribution in [0.2, 0.25) is 0 Å². The SMILES string of the molecule is c1cc(-c2ccc3c(c2)c2c4ccccc4ccc2c2nc4ccccc4n32)cc(-c2cccc3c2sc2ccccc23)c1.c1ccc(-n2c3ccccc3c3cc(-c4ccc(-c5ccc6c(c5)c5c7ccccc7ccc5c5nc7ccccc7n65)cc4)ccc32)cc1.c1ccc2c(c1)ccc1c2c2cc(-c3ccc(-c4ccc5sc6ccccc6c5c4)cc3)ccc2n2c3ccccc3nc12. The van der Waals surface area contributed by atoms with E-state index >= 15 is 0 Å². The molecule has 0 aliphatic rings. The number of benzene rings is 22. The molecule has 0 bridgehead atoms. The Balaban J connectivity index is 0.000000100. The fourth-order valence-electron chi connectivity index (χ4n) is 22.4. The Morgan fingerprint density at radius 2 is 0.493 bits per heavy atom. The van der Waals surface area contributed by atoms with Gasteiger partial charge in [0, 0.05) is 105 Å².